The van der Waals surface area contributed by atoms with E-state index in [9.17, 15) is 4.79 Å². The van der Waals surface area contributed by atoms with Gasteiger partial charge >= 0.3 is 0 Å². The molecule has 0 aliphatic carbocycles. The Bertz CT molecular complexity index is 797. The van der Waals surface area contributed by atoms with Crippen LogP contribution in [0.4, 0.5) is 5.69 Å². The molecule has 3 heterocycles. The van der Waals surface area contributed by atoms with E-state index in [-0.39, 0.29) is 5.91 Å². The standard InChI is InChI=1S/C14H11BrN4O/c1-8-2-10(6-16-4-8)19-14(20)12-7-18-13-11(12)3-9(15)5-17-13/h2-7H,1H3,(H,17,18)(H,19,20). The summed E-state index contributed by atoms with van der Waals surface area (Å²) in [7, 11) is 0. The van der Waals surface area contributed by atoms with Crippen molar-refractivity contribution >= 4 is 38.6 Å². The lowest BCUT2D eigenvalue weighted by atomic mass is 10.2. The maximum Gasteiger partial charge on any atom is 0.257 e. The molecule has 3 aromatic rings. The maximum absolute atomic E-state index is 12.3. The van der Waals surface area contributed by atoms with Crippen molar-refractivity contribution in [3.8, 4) is 0 Å². The van der Waals surface area contributed by atoms with Crippen LogP contribution in [0.2, 0.25) is 0 Å². The maximum atomic E-state index is 12.3. The SMILES string of the molecule is Cc1cncc(NC(=O)c2c[nH]c3ncc(Br)cc23)c1. The predicted octanol–water partition coefficient (Wildman–Crippen LogP) is 3.28. The Hall–Kier alpha value is -2.21. The second-order valence-electron chi connectivity index (χ2n) is 4.46. The summed E-state index contributed by atoms with van der Waals surface area (Å²) in [5, 5.41) is 3.61. The fourth-order valence-electron chi connectivity index (χ4n) is 1.99. The normalized spacial score (nSPS) is 10.7. The van der Waals surface area contributed by atoms with Crippen molar-refractivity contribution in [2.45, 2.75) is 6.92 Å². The number of carbonyl (C=O) groups excluding carboxylic acids is 1. The number of fused-ring (bicyclic) bond motifs is 1. The van der Waals surface area contributed by atoms with Crippen LogP contribution in [0.5, 0.6) is 0 Å². The number of anilines is 1. The number of hydrogen-bond acceptors (Lipinski definition) is 3. The first kappa shape index (κ1) is 12.8. The highest BCUT2D eigenvalue weighted by atomic mass is 79.9. The van der Waals surface area contributed by atoms with E-state index in [1.165, 1.54) is 0 Å². The number of carbonyl (C=O) groups is 1. The van der Waals surface area contributed by atoms with Gasteiger partial charge in [0.15, 0.2) is 0 Å². The van der Waals surface area contributed by atoms with E-state index in [2.05, 4.69) is 36.2 Å². The number of aryl methyl sites for hydroxylation is 1. The summed E-state index contributed by atoms with van der Waals surface area (Å²) in [6.45, 7) is 1.93. The van der Waals surface area contributed by atoms with Crippen LogP contribution in [0.25, 0.3) is 11.0 Å². The molecule has 5 nitrogen and oxygen atoms in total. The number of hydrogen-bond donors (Lipinski definition) is 2. The number of aromatic nitrogens is 3. The van der Waals surface area contributed by atoms with Gasteiger partial charge in [-0.1, -0.05) is 0 Å². The summed E-state index contributed by atoms with van der Waals surface area (Å²) in [5.41, 5.74) is 2.90. The van der Waals surface area contributed by atoms with E-state index >= 15 is 0 Å². The van der Waals surface area contributed by atoms with Crippen molar-refractivity contribution in [3.63, 3.8) is 0 Å². The van der Waals surface area contributed by atoms with E-state index in [4.69, 9.17) is 0 Å². The Labute approximate surface area is 123 Å². The third-order valence-electron chi connectivity index (χ3n) is 2.88. The number of pyridine rings is 2. The summed E-state index contributed by atoms with van der Waals surface area (Å²) in [6, 6.07) is 3.73. The van der Waals surface area contributed by atoms with Gasteiger partial charge in [0.25, 0.3) is 5.91 Å². The van der Waals surface area contributed by atoms with Crippen LogP contribution in [-0.4, -0.2) is 20.9 Å². The van der Waals surface area contributed by atoms with Crippen molar-refractivity contribution in [2.75, 3.05) is 5.32 Å². The highest BCUT2D eigenvalue weighted by Crippen LogP contribution is 2.21. The fraction of sp³-hybridized carbons (Fsp3) is 0.0714. The number of aromatic amines is 1. The van der Waals surface area contributed by atoms with Crippen LogP contribution < -0.4 is 5.32 Å². The number of H-pyrrole nitrogens is 1. The molecule has 0 atom stereocenters. The summed E-state index contributed by atoms with van der Waals surface area (Å²) in [6.07, 6.45) is 6.70. The van der Waals surface area contributed by atoms with E-state index in [0.29, 0.717) is 16.9 Å². The molecule has 0 aliphatic heterocycles. The monoisotopic (exact) mass is 330 g/mol. The highest BCUT2D eigenvalue weighted by Gasteiger charge is 2.13. The molecule has 0 saturated carbocycles. The fourth-order valence-corrected chi connectivity index (χ4v) is 2.32. The number of amides is 1. The lowest BCUT2D eigenvalue weighted by Crippen LogP contribution is -2.11. The predicted molar refractivity (Wildman–Crippen MR) is 80.7 cm³/mol. The Balaban J connectivity index is 1.94. The van der Waals surface area contributed by atoms with Gasteiger partial charge in [-0.15, -0.1) is 0 Å². The van der Waals surface area contributed by atoms with E-state index < -0.39 is 0 Å². The van der Waals surface area contributed by atoms with E-state index in [0.717, 1.165) is 15.4 Å². The summed E-state index contributed by atoms with van der Waals surface area (Å²) >= 11 is 3.36. The molecule has 2 N–H and O–H groups in total. The van der Waals surface area contributed by atoms with Gasteiger partial charge in [-0.25, -0.2) is 4.98 Å². The molecule has 6 heteroatoms. The van der Waals surface area contributed by atoms with Crippen molar-refractivity contribution < 1.29 is 4.79 Å². The Morgan fingerprint density at radius 1 is 1.30 bits per heavy atom. The van der Waals surface area contributed by atoms with Crippen molar-refractivity contribution in [1.82, 2.24) is 15.0 Å². The lowest BCUT2D eigenvalue weighted by molar-refractivity contribution is 0.102. The molecule has 0 spiro atoms. The molecule has 0 fully saturated rings. The first-order valence-corrected chi connectivity index (χ1v) is 6.78. The van der Waals surface area contributed by atoms with E-state index in [1.54, 1.807) is 24.8 Å². The Morgan fingerprint density at radius 3 is 2.95 bits per heavy atom. The molecule has 0 aliphatic rings. The molecule has 0 radical (unpaired) electrons. The second kappa shape index (κ2) is 5.05. The Morgan fingerprint density at radius 2 is 2.15 bits per heavy atom. The topological polar surface area (TPSA) is 70.7 Å². The van der Waals surface area contributed by atoms with Gasteiger partial charge in [0.1, 0.15) is 5.65 Å². The quantitative estimate of drug-likeness (QED) is 0.757. The smallest absolute Gasteiger partial charge is 0.257 e. The summed E-state index contributed by atoms with van der Waals surface area (Å²) in [5.74, 6) is -0.191. The first-order valence-electron chi connectivity index (χ1n) is 5.99. The second-order valence-corrected chi connectivity index (χ2v) is 5.37. The zero-order chi connectivity index (χ0) is 14.1. The van der Waals surface area contributed by atoms with Crippen LogP contribution in [0.1, 0.15) is 15.9 Å². The average Bonchev–Trinajstić information content (AvgIpc) is 2.81. The van der Waals surface area contributed by atoms with Gasteiger partial charge in [-0.05, 0) is 40.5 Å². The summed E-state index contributed by atoms with van der Waals surface area (Å²) in [4.78, 5) is 23.6. The van der Waals surface area contributed by atoms with Crippen LogP contribution >= 0.6 is 15.9 Å². The van der Waals surface area contributed by atoms with Gasteiger partial charge < -0.3 is 10.3 Å². The molecular weight excluding hydrogens is 320 g/mol. The van der Waals surface area contributed by atoms with E-state index in [1.807, 2.05) is 19.1 Å². The van der Waals surface area contributed by atoms with Crippen molar-refractivity contribution in [3.05, 3.63) is 52.5 Å². The molecule has 20 heavy (non-hydrogen) atoms. The first-order chi connectivity index (χ1) is 9.63. The molecule has 1 amide bonds. The molecule has 0 saturated heterocycles. The number of nitrogens with zero attached hydrogens (tertiary/aromatic N) is 2. The van der Waals surface area contributed by atoms with Crippen molar-refractivity contribution in [1.29, 1.82) is 0 Å². The number of rotatable bonds is 2. The third-order valence-corrected chi connectivity index (χ3v) is 3.31. The minimum Gasteiger partial charge on any atom is -0.345 e. The minimum atomic E-state index is -0.191. The molecule has 3 rings (SSSR count). The lowest BCUT2D eigenvalue weighted by Gasteiger charge is -2.04. The van der Waals surface area contributed by atoms with Crippen LogP contribution in [0, 0.1) is 6.92 Å². The molecule has 100 valence electrons. The van der Waals surface area contributed by atoms with Gasteiger partial charge in [-0.2, -0.15) is 0 Å². The highest BCUT2D eigenvalue weighted by molar-refractivity contribution is 9.10. The average molecular weight is 331 g/mol. The zero-order valence-electron chi connectivity index (χ0n) is 10.6. The largest absolute Gasteiger partial charge is 0.345 e. The molecule has 0 unspecified atom stereocenters. The van der Waals surface area contributed by atoms with Gasteiger partial charge in [0.05, 0.1) is 17.4 Å². The molecule has 0 aromatic carbocycles. The minimum absolute atomic E-state index is 0.191. The molecule has 0 bridgehead atoms. The van der Waals surface area contributed by atoms with Crippen LogP contribution in [-0.2, 0) is 0 Å². The van der Waals surface area contributed by atoms with Gasteiger partial charge in [0, 0.05) is 28.4 Å². The molecule has 3 aromatic heterocycles. The molecular formula is C14H11BrN4O. The van der Waals surface area contributed by atoms with Crippen molar-refractivity contribution in [2.24, 2.45) is 0 Å². The third kappa shape index (κ3) is 2.42. The zero-order valence-corrected chi connectivity index (χ0v) is 12.2. The Kier molecular flexibility index (Phi) is 3.23. The van der Waals surface area contributed by atoms with Gasteiger partial charge in [-0.3, -0.25) is 9.78 Å². The summed E-state index contributed by atoms with van der Waals surface area (Å²) < 4.78 is 0.830. The van der Waals surface area contributed by atoms with Gasteiger partial charge in [0.2, 0.25) is 0 Å². The van der Waals surface area contributed by atoms with Crippen LogP contribution in [0.15, 0.2) is 41.4 Å². The number of halogens is 1. The number of nitrogens with one attached hydrogen (secondary N) is 2. The van der Waals surface area contributed by atoms with Crippen LogP contribution in [0.3, 0.4) is 0 Å².